The number of aliphatic hydroxyl groups is 1. The molecule has 38 heavy (non-hydrogen) atoms. The number of esters is 1. The van der Waals surface area contributed by atoms with Crippen molar-refractivity contribution >= 4 is 39.9 Å². The molecule has 0 saturated carbocycles. The summed E-state index contributed by atoms with van der Waals surface area (Å²) in [6.45, 7) is 6.96. The fourth-order valence-electron chi connectivity index (χ4n) is 4.27. The van der Waals surface area contributed by atoms with Crippen LogP contribution in [-0.4, -0.2) is 48.6 Å². The monoisotopic (exact) mass is 534 g/mol. The van der Waals surface area contributed by atoms with E-state index in [4.69, 9.17) is 14.2 Å². The maximum atomic E-state index is 13.5. The fraction of sp³-hybridized carbons (Fsp3) is 0.214. The molecule has 9 nitrogen and oxygen atoms in total. The molecule has 10 heteroatoms. The van der Waals surface area contributed by atoms with E-state index in [0.29, 0.717) is 28.3 Å². The van der Waals surface area contributed by atoms with Gasteiger partial charge < -0.3 is 19.3 Å². The van der Waals surface area contributed by atoms with Crippen LogP contribution in [0.15, 0.2) is 60.7 Å². The van der Waals surface area contributed by atoms with E-state index >= 15 is 0 Å². The molecule has 2 heterocycles. The van der Waals surface area contributed by atoms with Crippen LogP contribution in [0.4, 0.5) is 5.13 Å². The van der Waals surface area contributed by atoms with Crippen molar-refractivity contribution in [2.24, 2.45) is 0 Å². The van der Waals surface area contributed by atoms with E-state index in [1.165, 1.54) is 25.2 Å². The number of carbonyl (C=O) groups is 3. The summed E-state index contributed by atoms with van der Waals surface area (Å²) in [6.07, 6.45) is 1.44. The van der Waals surface area contributed by atoms with Crippen LogP contribution in [-0.2, 0) is 14.3 Å². The van der Waals surface area contributed by atoms with E-state index in [1.54, 1.807) is 56.3 Å². The number of amides is 1. The van der Waals surface area contributed by atoms with Crippen molar-refractivity contribution in [2.45, 2.75) is 19.9 Å². The van der Waals surface area contributed by atoms with Crippen LogP contribution in [0.2, 0.25) is 0 Å². The summed E-state index contributed by atoms with van der Waals surface area (Å²) >= 11 is 0.921. The van der Waals surface area contributed by atoms with E-state index in [9.17, 15) is 19.5 Å². The molecule has 0 bridgehead atoms. The van der Waals surface area contributed by atoms with Crippen molar-refractivity contribution in [2.75, 3.05) is 25.7 Å². The molecule has 1 atom stereocenters. The van der Waals surface area contributed by atoms with Gasteiger partial charge in [0.05, 0.1) is 25.5 Å². The third kappa shape index (κ3) is 4.66. The first kappa shape index (κ1) is 26.6. The van der Waals surface area contributed by atoms with Gasteiger partial charge in [0.25, 0.3) is 5.78 Å². The normalized spacial score (nSPS) is 16.4. The molecule has 1 fully saturated rings. The van der Waals surface area contributed by atoms with E-state index in [-0.39, 0.29) is 27.9 Å². The lowest BCUT2D eigenvalue weighted by molar-refractivity contribution is -0.132. The van der Waals surface area contributed by atoms with Gasteiger partial charge in [-0.25, -0.2) is 9.78 Å². The summed E-state index contributed by atoms with van der Waals surface area (Å²) in [7, 11) is 3.01. The number of thiazole rings is 1. The number of rotatable bonds is 8. The number of aromatic nitrogens is 1. The number of hydrogen-bond acceptors (Lipinski definition) is 9. The molecule has 0 spiro atoms. The highest BCUT2D eigenvalue weighted by Crippen LogP contribution is 2.46. The van der Waals surface area contributed by atoms with Crippen LogP contribution in [0.25, 0.3) is 5.76 Å². The number of methoxy groups -OCH3 is 2. The molecule has 3 aromatic rings. The molecule has 0 radical (unpaired) electrons. The second-order valence-electron chi connectivity index (χ2n) is 8.39. The Bertz CT molecular complexity index is 1470. The predicted molar refractivity (Wildman–Crippen MR) is 143 cm³/mol. The predicted octanol–water partition coefficient (Wildman–Crippen LogP) is 4.75. The van der Waals surface area contributed by atoms with Gasteiger partial charge in [0.1, 0.15) is 34.8 Å². The van der Waals surface area contributed by atoms with Gasteiger partial charge >= 0.3 is 11.9 Å². The highest BCUT2D eigenvalue weighted by molar-refractivity contribution is 7.17. The largest absolute Gasteiger partial charge is 0.507 e. The van der Waals surface area contributed by atoms with E-state index in [1.807, 2.05) is 0 Å². The van der Waals surface area contributed by atoms with Crippen molar-refractivity contribution in [1.82, 2.24) is 4.98 Å². The molecule has 1 amide bonds. The van der Waals surface area contributed by atoms with Crippen LogP contribution in [0.5, 0.6) is 11.5 Å². The number of benzene rings is 2. The Morgan fingerprint density at radius 3 is 2.50 bits per heavy atom. The molecule has 1 saturated heterocycles. The summed E-state index contributed by atoms with van der Waals surface area (Å²) < 4.78 is 16.0. The summed E-state index contributed by atoms with van der Waals surface area (Å²) in [6, 6.07) is 10.8. The van der Waals surface area contributed by atoms with Gasteiger partial charge in [-0.3, -0.25) is 14.5 Å². The highest BCUT2D eigenvalue weighted by Gasteiger charge is 2.49. The first-order valence-corrected chi connectivity index (χ1v) is 12.4. The van der Waals surface area contributed by atoms with Crippen LogP contribution in [0.1, 0.15) is 38.1 Å². The molecule has 1 aliphatic heterocycles. The Balaban J connectivity index is 1.93. The third-order valence-electron chi connectivity index (χ3n) is 6.06. The average molecular weight is 535 g/mol. The van der Waals surface area contributed by atoms with Crippen molar-refractivity contribution in [3.8, 4) is 11.5 Å². The number of nitrogens with zero attached hydrogens (tertiary/aromatic N) is 2. The Labute approximate surface area is 223 Å². The molecule has 1 aliphatic rings. The van der Waals surface area contributed by atoms with Crippen LogP contribution < -0.4 is 14.4 Å². The molecule has 196 valence electrons. The number of anilines is 1. The Kier molecular flexibility index (Phi) is 7.63. The lowest BCUT2D eigenvalue weighted by Crippen LogP contribution is -2.29. The Morgan fingerprint density at radius 2 is 1.84 bits per heavy atom. The number of aliphatic hydroxyl groups excluding tert-OH is 1. The van der Waals surface area contributed by atoms with Crippen LogP contribution in [0.3, 0.4) is 0 Å². The molecule has 2 aromatic carbocycles. The fourth-order valence-corrected chi connectivity index (χ4v) is 5.26. The lowest BCUT2D eigenvalue weighted by atomic mass is 9.94. The third-order valence-corrected chi connectivity index (χ3v) is 7.19. The van der Waals surface area contributed by atoms with Gasteiger partial charge in [-0.05, 0) is 43.7 Å². The number of Topliss-reactive ketones (excluding diaryl/α,β-unsaturated/α-hetero) is 1. The Hall–Kier alpha value is -4.44. The zero-order valence-corrected chi connectivity index (χ0v) is 22.1. The molecule has 4 rings (SSSR count). The summed E-state index contributed by atoms with van der Waals surface area (Å²) in [4.78, 5) is 45.3. The smallest absolute Gasteiger partial charge is 0.350 e. The van der Waals surface area contributed by atoms with Gasteiger partial charge in [-0.2, -0.15) is 0 Å². The second-order valence-corrected chi connectivity index (χ2v) is 9.37. The number of ether oxygens (including phenoxy) is 3. The average Bonchev–Trinajstić information content (AvgIpc) is 3.43. The minimum absolute atomic E-state index is 0.0124. The lowest BCUT2D eigenvalue weighted by Gasteiger charge is -2.24. The minimum atomic E-state index is -1.07. The van der Waals surface area contributed by atoms with Crippen molar-refractivity contribution < 1.29 is 33.7 Å². The molecule has 1 aromatic heterocycles. The van der Waals surface area contributed by atoms with Gasteiger partial charge in [0, 0.05) is 11.1 Å². The molecule has 0 aliphatic carbocycles. The zero-order valence-electron chi connectivity index (χ0n) is 21.3. The van der Waals surface area contributed by atoms with Gasteiger partial charge in [-0.1, -0.05) is 42.2 Å². The standard InChI is InChI=1S/C28H26N2O7S/c1-6-13-37-27(34)25-16(3)29-28(38-25)30-22(18-9-7-8-10-20(18)36-5)21(24(32)26(30)33)23(31)17-11-12-19(35-4)15(2)14-17/h6-12,14,22,31H,1,13H2,2-5H3/b23-21+/t22-/m1/s1. The molecular formula is C28H26N2O7S. The highest BCUT2D eigenvalue weighted by atomic mass is 32.1. The number of para-hydroxylation sites is 1. The number of aryl methyl sites for hydroxylation is 2. The van der Waals surface area contributed by atoms with E-state index in [2.05, 4.69) is 11.6 Å². The first-order valence-electron chi connectivity index (χ1n) is 11.6. The van der Waals surface area contributed by atoms with Crippen LogP contribution >= 0.6 is 11.3 Å². The SMILES string of the molecule is C=CCOC(=O)c1sc(N2C(=O)C(=O)/C(=C(/O)c3ccc(OC)c(C)c3)[C@H]2c2ccccc2OC)nc1C. The van der Waals surface area contributed by atoms with Gasteiger partial charge in [0.2, 0.25) is 0 Å². The van der Waals surface area contributed by atoms with E-state index in [0.717, 1.165) is 16.9 Å². The number of ketones is 1. The number of hydrogen-bond donors (Lipinski definition) is 1. The van der Waals surface area contributed by atoms with Gasteiger partial charge in [0.15, 0.2) is 5.13 Å². The van der Waals surface area contributed by atoms with Crippen molar-refractivity contribution in [1.29, 1.82) is 0 Å². The molecular weight excluding hydrogens is 508 g/mol. The minimum Gasteiger partial charge on any atom is -0.507 e. The Morgan fingerprint density at radius 1 is 1.13 bits per heavy atom. The quantitative estimate of drug-likeness (QED) is 0.145. The molecule has 1 N–H and O–H groups in total. The first-order chi connectivity index (χ1) is 18.2. The summed E-state index contributed by atoms with van der Waals surface area (Å²) in [5.41, 5.74) is 1.74. The second kappa shape index (κ2) is 10.9. The van der Waals surface area contributed by atoms with E-state index < -0.39 is 23.7 Å². The summed E-state index contributed by atoms with van der Waals surface area (Å²) in [5, 5.41) is 11.5. The molecule has 0 unspecified atom stereocenters. The maximum Gasteiger partial charge on any atom is 0.350 e. The summed E-state index contributed by atoms with van der Waals surface area (Å²) in [5.74, 6) is -1.75. The topological polar surface area (TPSA) is 115 Å². The van der Waals surface area contributed by atoms with Crippen molar-refractivity contribution in [3.05, 3.63) is 88.0 Å². The van der Waals surface area contributed by atoms with Crippen molar-refractivity contribution in [3.63, 3.8) is 0 Å². The number of carbonyl (C=O) groups excluding carboxylic acids is 3. The maximum absolute atomic E-state index is 13.5. The van der Waals surface area contributed by atoms with Gasteiger partial charge in [-0.15, -0.1) is 0 Å². The van der Waals surface area contributed by atoms with Crippen LogP contribution in [0, 0.1) is 13.8 Å². The zero-order chi connectivity index (χ0) is 27.6.